The quantitative estimate of drug-likeness (QED) is 0.522. The van der Waals surface area contributed by atoms with E-state index in [1.165, 1.54) is 0 Å². The molecule has 21 heavy (non-hydrogen) atoms. The van der Waals surface area contributed by atoms with Gasteiger partial charge in [0.1, 0.15) is 0 Å². The SMILES string of the molecule is Cc1cc(NN)c(C(=O)NC(CC(C)C)CN(C)C)cn1. The van der Waals surface area contributed by atoms with E-state index in [1.807, 2.05) is 21.0 Å². The Kier molecular flexibility index (Phi) is 6.58. The van der Waals surface area contributed by atoms with Crippen LogP contribution in [0.3, 0.4) is 0 Å². The number of anilines is 1. The topological polar surface area (TPSA) is 83.3 Å². The van der Waals surface area contributed by atoms with Crippen LogP contribution in [0.2, 0.25) is 0 Å². The van der Waals surface area contributed by atoms with Gasteiger partial charge in [-0.3, -0.25) is 15.6 Å². The van der Waals surface area contributed by atoms with Gasteiger partial charge in [-0.25, -0.2) is 0 Å². The highest BCUT2D eigenvalue weighted by atomic mass is 16.1. The third kappa shape index (κ3) is 5.69. The van der Waals surface area contributed by atoms with E-state index in [-0.39, 0.29) is 11.9 Å². The number of rotatable bonds is 7. The zero-order valence-electron chi connectivity index (χ0n) is 13.6. The number of nitrogens with one attached hydrogen (secondary N) is 2. The first-order valence-electron chi connectivity index (χ1n) is 7.22. The lowest BCUT2D eigenvalue weighted by Crippen LogP contribution is -2.42. The fourth-order valence-corrected chi connectivity index (χ4v) is 2.31. The molecule has 1 aromatic heterocycles. The summed E-state index contributed by atoms with van der Waals surface area (Å²) in [5, 5.41) is 3.07. The van der Waals surface area contributed by atoms with Crippen molar-refractivity contribution in [2.45, 2.75) is 33.2 Å². The largest absolute Gasteiger partial charge is 0.348 e. The third-order valence-corrected chi connectivity index (χ3v) is 3.12. The fourth-order valence-electron chi connectivity index (χ4n) is 2.31. The van der Waals surface area contributed by atoms with Crippen LogP contribution in [0.1, 0.15) is 36.3 Å². The van der Waals surface area contributed by atoms with Crippen molar-refractivity contribution in [3.05, 3.63) is 23.5 Å². The zero-order chi connectivity index (χ0) is 16.0. The van der Waals surface area contributed by atoms with Crippen LogP contribution >= 0.6 is 0 Å². The van der Waals surface area contributed by atoms with Gasteiger partial charge in [0.15, 0.2) is 0 Å². The van der Waals surface area contributed by atoms with Crippen LogP contribution in [0, 0.1) is 12.8 Å². The molecular formula is C15H27N5O. The van der Waals surface area contributed by atoms with Gasteiger partial charge in [-0.1, -0.05) is 13.8 Å². The lowest BCUT2D eigenvalue weighted by atomic mass is 10.0. The standard InChI is InChI=1S/C15H27N5O/c1-10(2)6-12(9-20(4)5)18-15(21)13-8-17-11(3)7-14(13)19-16/h7-8,10,12H,6,9,16H2,1-5H3,(H,17,19)(H,18,21). The molecule has 1 aromatic rings. The van der Waals surface area contributed by atoms with Crippen LogP contribution in [-0.2, 0) is 0 Å². The Morgan fingerprint density at radius 2 is 2.10 bits per heavy atom. The summed E-state index contributed by atoms with van der Waals surface area (Å²) >= 11 is 0. The molecule has 4 N–H and O–H groups in total. The number of aryl methyl sites for hydroxylation is 1. The van der Waals surface area contributed by atoms with E-state index >= 15 is 0 Å². The summed E-state index contributed by atoms with van der Waals surface area (Å²) in [7, 11) is 4.00. The number of carbonyl (C=O) groups excluding carboxylic acids is 1. The predicted octanol–water partition coefficient (Wildman–Crippen LogP) is 1.38. The smallest absolute Gasteiger partial charge is 0.255 e. The molecule has 0 saturated carbocycles. The number of nitrogens with zero attached hydrogens (tertiary/aromatic N) is 2. The number of amides is 1. The second kappa shape index (κ2) is 7.95. The van der Waals surface area contributed by atoms with E-state index in [4.69, 9.17) is 5.84 Å². The Bertz CT molecular complexity index is 463. The first kappa shape index (κ1) is 17.4. The highest BCUT2D eigenvalue weighted by molar-refractivity contribution is 5.99. The summed E-state index contributed by atoms with van der Waals surface area (Å²) in [5.74, 6) is 5.85. The van der Waals surface area contributed by atoms with Gasteiger partial charge in [0.2, 0.25) is 0 Å². The Labute approximate surface area is 127 Å². The molecule has 1 rings (SSSR count). The van der Waals surface area contributed by atoms with Gasteiger partial charge in [0.25, 0.3) is 5.91 Å². The number of nitrogen functional groups attached to an aromatic ring is 1. The Morgan fingerprint density at radius 3 is 2.62 bits per heavy atom. The maximum atomic E-state index is 12.4. The maximum absolute atomic E-state index is 12.4. The predicted molar refractivity (Wildman–Crippen MR) is 86.0 cm³/mol. The first-order chi connectivity index (χ1) is 9.83. The lowest BCUT2D eigenvalue weighted by molar-refractivity contribution is 0.0925. The van der Waals surface area contributed by atoms with Crippen LogP contribution in [0.25, 0.3) is 0 Å². The van der Waals surface area contributed by atoms with Crippen LogP contribution in [0.15, 0.2) is 12.3 Å². The molecule has 0 radical (unpaired) electrons. The van der Waals surface area contributed by atoms with Gasteiger partial charge in [-0.05, 0) is 39.4 Å². The van der Waals surface area contributed by atoms with Gasteiger partial charge in [0, 0.05) is 24.5 Å². The first-order valence-corrected chi connectivity index (χ1v) is 7.22. The van der Waals surface area contributed by atoms with Crippen molar-refractivity contribution < 1.29 is 4.79 Å². The maximum Gasteiger partial charge on any atom is 0.255 e. The van der Waals surface area contributed by atoms with Gasteiger partial charge in [-0.2, -0.15) is 0 Å². The van der Waals surface area contributed by atoms with E-state index in [2.05, 4.69) is 34.5 Å². The average Bonchev–Trinajstić information content (AvgIpc) is 2.36. The number of nitrogens with two attached hydrogens (primary N) is 1. The third-order valence-electron chi connectivity index (χ3n) is 3.12. The molecule has 0 aliphatic heterocycles. The molecule has 0 spiro atoms. The van der Waals surface area contributed by atoms with E-state index in [9.17, 15) is 4.79 Å². The molecule has 0 fully saturated rings. The summed E-state index contributed by atoms with van der Waals surface area (Å²) in [5.41, 5.74) is 4.43. The Balaban J connectivity index is 2.85. The van der Waals surface area contributed by atoms with Crippen LogP contribution < -0.4 is 16.6 Å². The molecule has 1 heterocycles. The molecular weight excluding hydrogens is 266 g/mol. The number of pyridine rings is 1. The van der Waals surface area contributed by atoms with Gasteiger partial charge < -0.3 is 15.6 Å². The van der Waals surface area contributed by atoms with Crippen molar-refractivity contribution in [1.29, 1.82) is 0 Å². The lowest BCUT2D eigenvalue weighted by Gasteiger charge is -2.24. The summed E-state index contributed by atoms with van der Waals surface area (Å²) in [6, 6.07) is 1.86. The molecule has 118 valence electrons. The number of carbonyl (C=O) groups is 1. The number of hydrazine groups is 1. The second-order valence-electron chi connectivity index (χ2n) is 6.08. The van der Waals surface area contributed by atoms with Gasteiger partial charge >= 0.3 is 0 Å². The van der Waals surface area contributed by atoms with E-state index in [0.717, 1.165) is 18.7 Å². The van der Waals surface area contributed by atoms with Crippen LogP contribution in [0.4, 0.5) is 5.69 Å². The number of aromatic nitrogens is 1. The molecule has 1 atom stereocenters. The summed E-state index contributed by atoms with van der Waals surface area (Å²) in [6.45, 7) is 6.95. The van der Waals surface area contributed by atoms with E-state index in [1.54, 1.807) is 12.3 Å². The van der Waals surface area contributed by atoms with Crippen molar-refractivity contribution in [2.24, 2.45) is 11.8 Å². The van der Waals surface area contributed by atoms with Crippen molar-refractivity contribution in [2.75, 3.05) is 26.1 Å². The van der Waals surface area contributed by atoms with E-state index < -0.39 is 0 Å². The minimum Gasteiger partial charge on any atom is -0.348 e. The average molecular weight is 293 g/mol. The molecule has 0 aliphatic rings. The fraction of sp³-hybridized carbons (Fsp3) is 0.600. The van der Waals surface area contributed by atoms with Gasteiger partial charge in [0.05, 0.1) is 11.3 Å². The summed E-state index contributed by atoms with van der Waals surface area (Å²) in [4.78, 5) is 18.7. The number of likely N-dealkylation sites (N-methyl/N-ethyl adjacent to an activating group) is 1. The molecule has 1 unspecified atom stereocenters. The summed E-state index contributed by atoms with van der Waals surface area (Å²) < 4.78 is 0. The van der Waals surface area contributed by atoms with Crippen molar-refractivity contribution in [1.82, 2.24) is 15.2 Å². The Hall–Kier alpha value is -1.66. The second-order valence-corrected chi connectivity index (χ2v) is 6.08. The highest BCUT2D eigenvalue weighted by Crippen LogP contribution is 2.15. The monoisotopic (exact) mass is 293 g/mol. The summed E-state index contributed by atoms with van der Waals surface area (Å²) in [6.07, 6.45) is 2.48. The molecule has 6 heteroatoms. The molecule has 0 aliphatic carbocycles. The highest BCUT2D eigenvalue weighted by Gasteiger charge is 2.18. The Morgan fingerprint density at radius 1 is 1.43 bits per heavy atom. The minimum absolute atomic E-state index is 0.0967. The minimum atomic E-state index is -0.150. The van der Waals surface area contributed by atoms with Crippen LogP contribution in [0.5, 0.6) is 0 Å². The zero-order valence-corrected chi connectivity index (χ0v) is 13.6. The van der Waals surface area contributed by atoms with Crippen LogP contribution in [-0.4, -0.2) is 42.5 Å². The normalized spacial score (nSPS) is 12.6. The van der Waals surface area contributed by atoms with Crippen molar-refractivity contribution in [3.8, 4) is 0 Å². The van der Waals surface area contributed by atoms with E-state index in [0.29, 0.717) is 17.2 Å². The molecule has 6 nitrogen and oxygen atoms in total. The van der Waals surface area contributed by atoms with Gasteiger partial charge in [-0.15, -0.1) is 0 Å². The molecule has 1 amide bonds. The van der Waals surface area contributed by atoms with Crippen molar-refractivity contribution in [3.63, 3.8) is 0 Å². The number of hydrogen-bond acceptors (Lipinski definition) is 5. The van der Waals surface area contributed by atoms with Crippen molar-refractivity contribution >= 4 is 11.6 Å². The molecule has 0 saturated heterocycles. The molecule has 0 bridgehead atoms. The number of hydrogen-bond donors (Lipinski definition) is 3. The molecule has 0 aromatic carbocycles.